The van der Waals surface area contributed by atoms with E-state index in [0.29, 0.717) is 0 Å². The predicted octanol–water partition coefficient (Wildman–Crippen LogP) is 2.82. The summed E-state index contributed by atoms with van der Waals surface area (Å²) in [4.78, 5) is 0. The number of benzene rings is 1. The zero-order chi connectivity index (χ0) is 11.6. The maximum Gasteiger partial charge on any atom is 0.0849 e. The maximum atomic E-state index is 5.93. The summed E-state index contributed by atoms with van der Waals surface area (Å²) < 4.78 is 5.93. The normalized spacial score (nSPS) is 26.9. The second kappa shape index (κ2) is 4.56. The Kier molecular flexibility index (Phi) is 3.31. The highest BCUT2D eigenvalue weighted by Crippen LogP contribution is 2.37. The molecule has 2 atom stereocenters. The largest absolute Gasteiger partial charge is 0.373 e. The van der Waals surface area contributed by atoms with Crippen LogP contribution in [0.2, 0.25) is 0 Å². The van der Waals surface area contributed by atoms with E-state index in [1.165, 1.54) is 17.5 Å². The molecule has 0 amide bonds. The Labute approximate surface area is 98.0 Å². The molecular weight excluding hydrogens is 198 g/mol. The van der Waals surface area contributed by atoms with E-state index in [4.69, 9.17) is 4.74 Å². The molecule has 2 unspecified atom stereocenters. The molecule has 1 aromatic carbocycles. The van der Waals surface area contributed by atoms with E-state index in [-0.39, 0.29) is 11.6 Å². The summed E-state index contributed by atoms with van der Waals surface area (Å²) in [7, 11) is 2.01. The van der Waals surface area contributed by atoms with Crippen LogP contribution in [0.1, 0.15) is 36.9 Å². The third-order valence-corrected chi connectivity index (χ3v) is 3.52. The van der Waals surface area contributed by atoms with Crippen LogP contribution in [0.5, 0.6) is 0 Å². The van der Waals surface area contributed by atoms with Crippen LogP contribution >= 0.6 is 0 Å². The summed E-state index contributed by atoms with van der Waals surface area (Å²) in [6.07, 6.45) is 2.30. The summed E-state index contributed by atoms with van der Waals surface area (Å²) in [6, 6.07) is 8.96. The first-order valence-corrected chi connectivity index (χ1v) is 6.03. The molecule has 1 aliphatic rings. The van der Waals surface area contributed by atoms with Gasteiger partial charge in [0.15, 0.2) is 0 Å². The first-order chi connectivity index (χ1) is 7.65. The molecule has 1 N–H and O–H groups in total. The number of aryl methyl sites for hydroxylation is 1. The van der Waals surface area contributed by atoms with Gasteiger partial charge in [-0.05, 0) is 39.3 Å². The van der Waals surface area contributed by atoms with Crippen molar-refractivity contribution in [3.63, 3.8) is 0 Å². The van der Waals surface area contributed by atoms with Gasteiger partial charge in [0.2, 0.25) is 0 Å². The Balaban J connectivity index is 2.28. The van der Waals surface area contributed by atoms with Gasteiger partial charge in [-0.3, -0.25) is 0 Å². The fraction of sp³-hybridized carbons (Fsp3) is 0.571. The van der Waals surface area contributed by atoms with Crippen molar-refractivity contribution in [3.05, 3.63) is 35.4 Å². The number of rotatable bonds is 3. The lowest BCUT2D eigenvalue weighted by atomic mass is 9.87. The smallest absolute Gasteiger partial charge is 0.0849 e. The second-order valence-corrected chi connectivity index (χ2v) is 4.90. The van der Waals surface area contributed by atoms with Crippen molar-refractivity contribution >= 4 is 0 Å². The summed E-state index contributed by atoms with van der Waals surface area (Å²) in [6.45, 7) is 5.23. The van der Waals surface area contributed by atoms with Gasteiger partial charge in [-0.1, -0.05) is 29.8 Å². The predicted molar refractivity (Wildman–Crippen MR) is 66.6 cm³/mol. The molecule has 0 radical (unpaired) electrons. The lowest BCUT2D eigenvalue weighted by molar-refractivity contribution is -0.0104. The standard InChI is InChI=1S/C14H21NO/c1-11-6-4-7-12(10-11)13(15-3)14(2)8-5-9-16-14/h4,6-7,10,13,15H,5,8-9H2,1-3H3. The minimum atomic E-state index is -0.0530. The van der Waals surface area contributed by atoms with Gasteiger partial charge in [0.25, 0.3) is 0 Å². The molecule has 0 spiro atoms. The highest BCUT2D eigenvalue weighted by molar-refractivity contribution is 5.27. The van der Waals surface area contributed by atoms with Crippen molar-refractivity contribution in [3.8, 4) is 0 Å². The monoisotopic (exact) mass is 219 g/mol. The van der Waals surface area contributed by atoms with E-state index in [2.05, 4.69) is 43.4 Å². The quantitative estimate of drug-likeness (QED) is 0.844. The van der Waals surface area contributed by atoms with Gasteiger partial charge in [-0.25, -0.2) is 0 Å². The third-order valence-electron chi connectivity index (χ3n) is 3.52. The number of ether oxygens (including phenoxy) is 1. The van der Waals surface area contributed by atoms with Crippen LogP contribution in [0.25, 0.3) is 0 Å². The van der Waals surface area contributed by atoms with Crippen molar-refractivity contribution in [1.29, 1.82) is 0 Å². The molecule has 0 bridgehead atoms. The molecule has 2 nitrogen and oxygen atoms in total. The number of nitrogens with one attached hydrogen (secondary N) is 1. The molecule has 0 saturated carbocycles. The Morgan fingerprint density at radius 1 is 1.44 bits per heavy atom. The zero-order valence-electron chi connectivity index (χ0n) is 10.4. The first-order valence-electron chi connectivity index (χ1n) is 6.03. The SMILES string of the molecule is CNC(c1cccc(C)c1)C1(C)CCCO1. The van der Waals surface area contributed by atoms with Crippen LogP contribution in [-0.2, 0) is 4.74 Å². The molecule has 1 fully saturated rings. The van der Waals surface area contributed by atoms with Crippen molar-refractivity contribution in [1.82, 2.24) is 5.32 Å². The molecule has 0 aromatic heterocycles. The summed E-state index contributed by atoms with van der Waals surface area (Å²) >= 11 is 0. The van der Waals surface area contributed by atoms with E-state index < -0.39 is 0 Å². The van der Waals surface area contributed by atoms with Gasteiger partial charge in [0, 0.05) is 6.61 Å². The molecule has 88 valence electrons. The average molecular weight is 219 g/mol. The van der Waals surface area contributed by atoms with Crippen molar-refractivity contribution in [2.45, 2.75) is 38.3 Å². The summed E-state index contributed by atoms with van der Waals surface area (Å²) in [5.41, 5.74) is 2.58. The van der Waals surface area contributed by atoms with Gasteiger partial charge < -0.3 is 10.1 Å². The molecule has 2 heteroatoms. The number of hydrogen-bond acceptors (Lipinski definition) is 2. The number of likely N-dealkylation sites (N-methyl/N-ethyl adjacent to an activating group) is 1. The fourth-order valence-electron chi connectivity index (χ4n) is 2.70. The van der Waals surface area contributed by atoms with Gasteiger partial charge in [-0.15, -0.1) is 0 Å². The summed E-state index contributed by atoms with van der Waals surface area (Å²) in [5, 5.41) is 3.40. The van der Waals surface area contributed by atoms with E-state index in [1.807, 2.05) is 7.05 Å². The second-order valence-electron chi connectivity index (χ2n) is 4.90. The molecule has 16 heavy (non-hydrogen) atoms. The van der Waals surface area contributed by atoms with Crippen molar-refractivity contribution in [2.75, 3.05) is 13.7 Å². The summed E-state index contributed by atoms with van der Waals surface area (Å²) in [5.74, 6) is 0. The molecule has 1 aliphatic heterocycles. The van der Waals surface area contributed by atoms with Crippen LogP contribution in [0.4, 0.5) is 0 Å². The molecule has 0 aliphatic carbocycles. The van der Waals surface area contributed by atoms with Gasteiger partial charge in [0.05, 0.1) is 11.6 Å². The van der Waals surface area contributed by atoms with E-state index >= 15 is 0 Å². The molecule has 1 heterocycles. The average Bonchev–Trinajstić information content (AvgIpc) is 2.67. The lowest BCUT2D eigenvalue weighted by Gasteiger charge is -2.33. The Morgan fingerprint density at radius 2 is 2.25 bits per heavy atom. The highest BCUT2D eigenvalue weighted by Gasteiger charge is 2.38. The van der Waals surface area contributed by atoms with Crippen LogP contribution in [-0.4, -0.2) is 19.3 Å². The fourth-order valence-corrected chi connectivity index (χ4v) is 2.70. The van der Waals surface area contributed by atoms with Crippen LogP contribution < -0.4 is 5.32 Å². The van der Waals surface area contributed by atoms with E-state index in [0.717, 1.165) is 13.0 Å². The van der Waals surface area contributed by atoms with Gasteiger partial charge in [-0.2, -0.15) is 0 Å². The lowest BCUT2D eigenvalue weighted by Crippen LogP contribution is -2.39. The highest BCUT2D eigenvalue weighted by atomic mass is 16.5. The third kappa shape index (κ3) is 2.13. The van der Waals surface area contributed by atoms with E-state index in [1.54, 1.807) is 0 Å². The van der Waals surface area contributed by atoms with Crippen LogP contribution in [0.3, 0.4) is 0 Å². The van der Waals surface area contributed by atoms with Crippen molar-refractivity contribution < 1.29 is 4.74 Å². The first kappa shape index (κ1) is 11.6. The number of hydrogen-bond donors (Lipinski definition) is 1. The van der Waals surface area contributed by atoms with Gasteiger partial charge in [0.1, 0.15) is 0 Å². The van der Waals surface area contributed by atoms with E-state index in [9.17, 15) is 0 Å². The minimum Gasteiger partial charge on any atom is -0.373 e. The van der Waals surface area contributed by atoms with Crippen LogP contribution in [0.15, 0.2) is 24.3 Å². The Morgan fingerprint density at radius 3 is 2.81 bits per heavy atom. The zero-order valence-corrected chi connectivity index (χ0v) is 10.4. The maximum absolute atomic E-state index is 5.93. The Hall–Kier alpha value is -0.860. The van der Waals surface area contributed by atoms with Crippen LogP contribution in [0, 0.1) is 6.92 Å². The Bertz CT molecular complexity index is 356. The molecule has 1 saturated heterocycles. The topological polar surface area (TPSA) is 21.3 Å². The molecular formula is C14H21NO. The molecule has 2 rings (SSSR count). The van der Waals surface area contributed by atoms with Gasteiger partial charge >= 0.3 is 0 Å². The minimum absolute atomic E-state index is 0.0530. The molecule has 1 aromatic rings. The van der Waals surface area contributed by atoms with Crippen molar-refractivity contribution in [2.24, 2.45) is 0 Å².